The van der Waals surface area contributed by atoms with E-state index < -0.39 is 17.3 Å². The summed E-state index contributed by atoms with van der Waals surface area (Å²) in [6, 6.07) is 10.4. The third-order valence-corrected chi connectivity index (χ3v) is 6.85. The topological polar surface area (TPSA) is 145 Å². The zero-order valence-corrected chi connectivity index (χ0v) is 20.9. The van der Waals surface area contributed by atoms with Crippen LogP contribution >= 0.6 is 0 Å². The lowest BCUT2D eigenvalue weighted by molar-refractivity contribution is 0.0785. The number of likely N-dealkylation sites (tertiary alicyclic amines) is 1. The van der Waals surface area contributed by atoms with Crippen molar-refractivity contribution in [2.45, 2.75) is 25.4 Å². The number of nitrogens with one attached hydrogen (secondary N) is 3. The number of rotatable bonds is 4. The van der Waals surface area contributed by atoms with Crippen molar-refractivity contribution in [2.75, 3.05) is 18.4 Å². The number of imidazole rings is 1. The van der Waals surface area contributed by atoms with E-state index >= 15 is 0 Å². The number of H-pyrrole nitrogens is 2. The van der Waals surface area contributed by atoms with E-state index in [1.54, 1.807) is 35.4 Å². The van der Waals surface area contributed by atoms with Gasteiger partial charge in [0.15, 0.2) is 0 Å². The monoisotopic (exact) mass is 530 g/mol. The number of carbonyl (C=O) groups is 1. The Morgan fingerprint density at radius 3 is 2.51 bits per heavy atom. The van der Waals surface area contributed by atoms with Crippen LogP contribution in [0.15, 0.2) is 58.4 Å². The SMILES string of the molecule is C[C@]1(N)CCN(C(=O)c2ccc(Nc3ncc4c(n3)-c3[nH]c(=O)[nH]c3C(c3c(F)cccc3F)=NC4)cc2)C1. The highest BCUT2D eigenvalue weighted by molar-refractivity contribution is 6.15. The molecule has 1 fully saturated rings. The maximum absolute atomic E-state index is 14.6. The van der Waals surface area contributed by atoms with Crippen molar-refractivity contribution in [2.24, 2.45) is 10.7 Å². The van der Waals surface area contributed by atoms with Crippen LogP contribution in [0.5, 0.6) is 0 Å². The van der Waals surface area contributed by atoms with E-state index in [2.05, 4.69) is 30.2 Å². The first-order valence-electron chi connectivity index (χ1n) is 12.3. The van der Waals surface area contributed by atoms with Gasteiger partial charge in [0, 0.05) is 41.6 Å². The smallest absolute Gasteiger partial charge is 0.323 e. The number of benzene rings is 2. The molecular formula is C27H24F2N8O2. The molecule has 6 rings (SSSR count). The molecule has 10 nitrogen and oxygen atoms in total. The van der Waals surface area contributed by atoms with Crippen LogP contribution in [0.4, 0.5) is 20.4 Å². The van der Waals surface area contributed by atoms with Crippen LogP contribution in [0.2, 0.25) is 0 Å². The van der Waals surface area contributed by atoms with Crippen molar-refractivity contribution in [1.29, 1.82) is 0 Å². The Bertz CT molecular complexity index is 1670. The molecule has 1 atom stereocenters. The predicted molar refractivity (Wildman–Crippen MR) is 141 cm³/mol. The van der Waals surface area contributed by atoms with E-state index in [0.29, 0.717) is 35.6 Å². The number of carbonyl (C=O) groups excluding carboxylic acids is 1. The van der Waals surface area contributed by atoms with Crippen LogP contribution in [0.25, 0.3) is 11.4 Å². The Kier molecular flexibility index (Phi) is 5.83. The van der Waals surface area contributed by atoms with Crippen molar-refractivity contribution in [1.82, 2.24) is 24.8 Å². The van der Waals surface area contributed by atoms with Crippen molar-refractivity contribution in [3.8, 4) is 11.4 Å². The van der Waals surface area contributed by atoms with Crippen molar-refractivity contribution < 1.29 is 13.6 Å². The van der Waals surface area contributed by atoms with Crippen LogP contribution in [0.3, 0.4) is 0 Å². The normalized spacial score (nSPS) is 18.3. The second kappa shape index (κ2) is 9.24. The van der Waals surface area contributed by atoms with Gasteiger partial charge < -0.3 is 25.9 Å². The standard InChI is InChI=1S/C27H24F2N8O2/c1-27(30)9-10-37(13-27)24(38)14-5-7-16(8-6-14)33-25-32-12-15-11-31-21(19-17(28)3-2-4-18(19)29)23-22(20(15)34-25)35-26(39)36-23/h2-8,12H,9-11,13,30H2,1H3,(H,32,33,34)(H2,35,36,39)/t27-/m0/s1. The van der Waals surface area contributed by atoms with E-state index in [1.807, 2.05) is 6.92 Å². The highest BCUT2D eigenvalue weighted by Crippen LogP contribution is 2.30. The number of aromatic amines is 2. The Labute approximate surface area is 221 Å². The number of aromatic nitrogens is 4. The Morgan fingerprint density at radius 2 is 1.82 bits per heavy atom. The summed E-state index contributed by atoms with van der Waals surface area (Å²) in [7, 11) is 0. The van der Waals surface area contributed by atoms with Crippen LogP contribution in [0, 0.1) is 11.6 Å². The lowest BCUT2D eigenvalue weighted by Gasteiger charge is -2.20. The van der Waals surface area contributed by atoms with Crippen LogP contribution in [0.1, 0.15) is 40.5 Å². The Hall–Kier alpha value is -4.71. The fourth-order valence-corrected chi connectivity index (χ4v) is 4.87. The second-order valence-corrected chi connectivity index (χ2v) is 9.99. The highest BCUT2D eigenvalue weighted by atomic mass is 19.1. The maximum Gasteiger partial charge on any atom is 0.323 e. The molecule has 0 aliphatic carbocycles. The summed E-state index contributed by atoms with van der Waals surface area (Å²) in [4.78, 5) is 45.4. The third-order valence-electron chi connectivity index (χ3n) is 6.85. The minimum Gasteiger partial charge on any atom is -0.337 e. The average Bonchev–Trinajstić information content (AvgIpc) is 3.44. The number of amides is 1. The number of aliphatic imine (C=N–C) groups is 1. The van der Waals surface area contributed by atoms with Gasteiger partial charge in [0.2, 0.25) is 5.95 Å². The largest absolute Gasteiger partial charge is 0.337 e. The molecule has 2 aliphatic heterocycles. The number of nitrogens with zero attached hydrogens (tertiary/aromatic N) is 4. The number of hydrogen-bond donors (Lipinski definition) is 4. The summed E-state index contributed by atoms with van der Waals surface area (Å²) in [5.41, 5.74) is 7.32. The van der Waals surface area contributed by atoms with E-state index in [0.717, 1.165) is 18.6 Å². The minimum absolute atomic E-state index is 0.0281. The maximum atomic E-state index is 14.6. The lowest BCUT2D eigenvalue weighted by atomic mass is 10.0. The van der Waals surface area contributed by atoms with Gasteiger partial charge in [0.05, 0.1) is 34.9 Å². The van der Waals surface area contributed by atoms with Gasteiger partial charge in [-0.15, -0.1) is 0 Å². The van der Waals surface area contributed by atoms with Gasteiger partial charge in [-0.3, -0.25) is 9.79 Å². The van der Waals surface area contributed by atoms with Crippen molar-refractivity contribution in [3.63, 3.8) is 0 Å². The molecular weight excluding hydrogens is 506 g/mol. The predicted octanol–water partition coefficient (Wildman–Crippen LogP) is 3.10. The van der Waals surface area contributed by atoms with Gasteiger partial charge in [-0.25, -0.2) is 23.5 Å². The van der Waals surface area contributed by atoms with Crippen LogP contribution in [-0.2, 0) is 6.54 Å². The van der Waals surface area contributed by atoms with Crippen molar-refractivity contribution >= 4 is 23.3 Å². The molecule has 0 saturated carbocycles. The van der Waals surface area contributed by atoms with Gasteiger partial charge in [0.25, 0.3) is 5.91 Å². The molecule has 2 aliphatic rings. The molecule has 39 heavy (non-hydrogen) atoms. The quantitative estimate of drug-likeness (QED) is 0.319. The van der Waals surface area contributed by atoms with Gasteiger partial charge in [-0.05, 0) is 49.7 Å². The fraction of sp³-hybridized carbons (Fsp3) is 0.222. The van der Waals surface area contributed by atoms with Gasteiger partial charge >= 0.3 is 5.69 Å². The Morgan fingerprint density at radius 1 is 1.10 bits per heavy atom. The Balaban J connectivity index is 1.28. The lowest BCUT2D eigenvalue weighted by Crippen LogP contribution is -2.40. The molecule has 0 radical (unpaired) electrons. The zero-order valence-electron chi connectivity index (χ0n) is 20.9. The van der Waals surface area contributed by atoms with E-state index in [-0.39, 0.29) is 46.6 Å². The number of hydrogen-bond acceptors (Lipinski definition) is 7. The number of nitrogens with two attached hydrogens (primary N) is 1. The first-order chi connectivity index (χ1) is 18.7. The average molecular weight is 531 g/mol. The molecule has 0 spiro atoms. The molecule has 0 bridgehead atoms. The fourth-order valence-electron chi connectivity index (χ4n) is 4.87. The number of halogens is 2. The molecule has 1 saturated heterocycles. The van der Waals surface area contributed by atoms with Gasteiger partial charge in [-0.2, -0.15) is 0 Å². The minimum atomic E-state index is -0.801. The molecule has 5 N–H and O–H groups in total. The van der Waals surface area contributed by atoms with E-state index in [4.69, 9.17) is 5.73 Å². The number of fused-ring (bicyclic) bond motifs is 3. The van der Waals surface area contributed by atoms with Crippen LogP contribution < -0.4 is 16.7 Å². The molecule has 198 valence electrons. The van der Waals surface area contributed by atoms with E-state index in [1.165, 1.54) is 6.07 Å². The summed E-state index contributed by atoms with van der Waals surface area (Å²) in [6.07, 6.45) is 2.29. The third kappa shape index (κ3) is 4.59. The number of anilines is 2. The first-order valence-corrected chi connectivity index (χ1v) is 12.3. The molecule has 2 aromatic carbocycles. The highest BCUT2D eigenvalue weighted by Gasteiger charge is 2.33. The van der Waals surface area contributed by atoms with Gasteiger partial charge in [0.1, 0.15) is 11.6 Å². The molecule has 2 aromatic heterocycles. The molecule has 1 amide bonds. The summed E-state index contributed by atoms with van der Waals surface area (Å²) in [5.74, 6) is -1.46. The molecule has 4 aromatic rings. The van der Waals surface area contributed by atoms with Gasteiger partial charge in [-0.1, -0.05) is 6.07 Å². The van der Waals surface area contributed by atoms with E-state index in [9.17, 15) is 18.4 Å². The van der Waals surface area contributed by atoms with Crippen molar-refractivity contribution in [3.05, 3.63) is 93.2 Å². The molecule has 4 heterocycles. The first kappa shape index (κ1) is 24.6. The zero-order chi connectivity index (χ0) is 27.3. The summed E-state index contributed by atoms with van der Waals surface area (Å²) in [5, 5.41) is 3.10. The molecule has 0 unspecified atom stereocenters. The van der Waals surface area contributed by atoms with Crippen LogP contribution in [-0.4, -0.2) is 55.1 Å². The second-order valence-electron chi connectivity index (χ2n) is 9.99. The summed E-state index contributed by atoms with van der Waals surface area (Å²) < 4.78 is 29.2. The summed E-state index contributed by atoms with van der Waals surface area (Å²) in [6.45, 7) is 3.10. The summed E-state index contributed by atoms with van der Waals surface area (Å²) >= 11 is 0. The molecule has 12 heteroatoms.